The van der Waals surface area contributed by atoms with Crippen LogP contribution in [0.2, 0.25) is 0 Å². The lowest BCUT2D eigenvalue weighted by atomic mass is 9.98. The zero-order valence-corrected chi connectivity index (χ0v) is 9.11. The Labute approximate surface area is 94.3 Å². The number of alkyl halides is 2. The van der Waals surface area contributed by atoms with Gasteiger partial charge in [0.15, 0.2) is 6.10 Å². The highest BCUT2D eigenvalue weighted by atomic mass is 31.2. The Kier molecular flexibility index (Phi) is 4.35. The first-order valence-electron chi connectivity index (χ1n) is 4.35. The third kappa shape index (κ3) is 3.47. The second-order valence-corrected chi connectivity index (χ2v) is 4.73. The van der Waals surface area contributed by atoms with Crippen LogP contribution < -0.4 is 0 Å². The van der Waals surface area contributed by atoms with Crippen LogP contribution in [0.4, 0.5) is 8.78 Å². The van der Waals surface area contributed by atoms with Gasteiger partial charge < -0.3 is 20.1 Å². The van der Waals surface area contributed by atoms with Gasteiger partial charge >= 0.3 is 14.1 Å². The summed E-state index contributed by atoms with van der Waals surface area (Å²) >= 11 is 0. The Morgan fingerprint density at radius 1 is 1.18 bits per heavy atom. The molecule has 8 nitrogen and oxygen atoms in total. The third-order valence-corrected chi connectivity index (χ3v) is 2.64. The number of rotatable bonds is 3. The van der Waals surface area contributed by atoms with E-state index in [4.69, 9.17) is 24.9 Å². The quantitative estimate of drug-likeness (QED) is 0.318. The molecule has 0 spiro atoms. The van der Waals surface area contributed by atoms with Crippen molar-refractivity contribution in [1.29, 1.82) is 0 Å². The zero-order chi connectivity index (χ0) is 13.4. The first-order valence-corrected chi connectivity index (χ1v) is 5.91. The molecule has 0 bridgehead atoms. The van der Waals surface area contributed by atoms with Crippen molar-refractivity contribution in [3.63, 3.8) is 0 Å². The van der Waals surface area contributed by atoms with Gasteiger partial charge in [0.2, 0.25) is 6.29 Å². The summed E-state index contributed by atoms with van der Waals surface area (Å²) in [5.41, 5.74) is 0. The summed E-state index contributed by atoms with van der Waals surface area (Å²) in [6.45, 7) is -0.900. The van der Waals surface area contributed by atoms with Crippen molar-refractivity contribution in [3.8, 4) is 0 Å². The van der Waals surface area contributed by atoms with Crippen molar-refractivity contribution >= 4 is 8.17 Å². The van der Waals surface area contributed by atoms with Crippen LogP contribution in [0.3, 0.4) is 0 Å². The number of hydrogen-bond acceptors (Lipinski definition) is 8. The average molecular weight is 281 g/mol. The Hall–Kier alpha value is -0.0300. The molecule has 17 heavy (non-hydrogen) atoms. The maximum absolute atomic E-state index is 12.9. The van der Waals surface area contributed by atoms with E-state index < -0.39 is 45.3 Å². The molecule has 0 radical (unpaired) electrons. The van der Waals surface area contributed by atoms with Gasteiger partial charge in [-0.05, 0) is 0 Å². The van der Waals surface area contributed by atoms with Crippen LogP contribution in [0, 0.1) is 0 Å². The van der Waals surface area contributed by atoms with Gasteiger partial charge in [-0.1, -0.05) is 0 Å². The van der Waals surface area contributed by atoms with Crippen molar-refractivity contribution in [2.75, 3.05) is 6.61 Å². The number of hydrogen-bond donors (Lipinski definition) is 6. The lowest BCUT2D eigenvalue weighted by molar-refractivity contribution is -0.345. The van der Waals surface area contributed by atoms with E-state index in [0.29, 0.717) is 0 Å². The highest BCUT2D eigenvalue weighted by Crippen LogP contribution is 2.46. The van der Waals surface area contributed by atoms with E-state index in [0.717, 1.165) is 0 Å². The van der Waals surface area contributed by atoms with Gasteiger partial charge in [-0.15, -0.1) is 0 Å². The lowest BCUT2D eigenvalue weighted by Gasteiger charge is -2.39. The first-order chi connectivity index (χ1) is 7.55. The third-order valence-electron chi connectivity index (χ3n) is 2.14. The maximum atomic E-state index is 12.9. The molecule has 0 saturated carbocycles. The van der Waals surface area contributed by atoms with Crippen LogP contribution in [-0.2, 0) is 9.26 Å². The second kappa shape index (κ2) is 4.92. The molecule has 0 aromatic carbocycles. The number of ether oxygens (including phenoxy) is 1. The monoisotopic (exact) mass is 281 g/mol. The summed E-state index contributed by atoms with van der Waals surface area (Å²) in [5, 5.41) is 27.1. The van der Waals surface area contributed by atoms with E-state index in [-0.39, 0.29) is 0 Å². The largest absolute Gasteiger partial charge is 0.567 e. The van der Waals surface area contributed by atoms with Crippen molar-refractivity contribution in [2.24, 2.45) is 0 Å². The van der Waals surface area contributed by atoms with Crippen LogP contribution in [-0.4, -0.2) is 67.1 Å². The van der Waals surface area contributed by atoms with Crippen LogP contribution in [0.15, 0.2) is 0 Å². The normalized spacial score (nSPS) is 38.1. The molecule has 11 heteroatoms. The molecule has 0 aromatic heterocycles. The Morgan fingerprint density at radius 3 is 2.18 bits per heavy atom. The van der Waals surface area contributed by atoms with Crippen molar-refractivity contribution < 1.29 is 48.0 Å². The Bertz CT molecular complexity index is 271. The van der Waals surface area contributed by atoms with Gasteiger partial charge in [-0.2, -0.15) is 28.0 Å². The standard InChI is InChI=1S/C6H12F2O8P/c7-6(8)4(10)3(9)2(16-5(6)11)1-15-17(12,13)14/h2-5,9-14H,1H2/q+1. The number of aliphatic hydroxyl groups excluding tert-OH is 3. The van der Waals surface area contributed by atoms with Crippen LogP contribution in [0.5, 0.6) is 0 Å². The minimum Gasteiger partial charge on any atom is -0.387 e. The molecule has 4 unspecified atom stereocenters. The molecule has 1 fully saturated rings. The molecule has 1 aliphatic heterocycles. The SMILES string of the molecule is OC1C(CO[P+](O)(O)O)OC(O)C(F)(F)C1O. The molecule has 1 aliphatic rings. The average Bonchev–Trinajstić information content (AvgIpc) is 2.18. The van der Waals surface area contributed by atoms with Gasteiger partial charge in [0.05, 0.1) is 0 Å². The highest BCUT2D eigenvalue weighted by molar-refractivity contribution is 7.53. The van der Waals surface area contributed by atoms with Gasteiger partial charge in [0.1, 0.15) is 18.8 Å². The first kappa shape index (κ1) is 15.0. The summed E-state index contributed by atoms with van der Waals surface area (Å²) in [5.74, 6) is -4.07. The molecule has 1 heterocycles. The summed E-state index contributed by atoms with van der Waals surface area (Å²) in [4.78, 5) is 25.4. The molecule has 102 valence electrons. The summed E-state index contributed by atoms with van der Waals surface area (Å²) in [6.07, 6.45) is -9.06. The number of aliphatic hydroxyl groups is 3. The molecule has 4 atom stereocenters. The molecule has 1 rings (SSSR count). The predicted molar refractivity (Wildman–Crippen MR) is 47.4 cm³/mol. The van der Waals surface area contributed by atoms with E-state index in [1.165, 1.54) is 0 Å². The van der Waals surface area contributed by atoms with E-state index in [9.17, 15) is 13.9 Å². The van der Waals surface area contributed by atoms with Crippen LogP contribution >= 0.6 is 8.17 Å². The fourth-order valence-corrected chi connectivity index (χ4v) is 1.57. The minimum absolute atomic E-state index is 0.900. The predicted octanol–water partition coefficient (Wildman–Crippen LogP) is -2.27. The lowest BCUT2D eigenvalue weighted by Crippen LogP contribution is -2.62. The van der Waals surface area contributed by atoms with Crippen molar-refractivity contribution in [3.05, 3.63) is 0 Å². The smallest absolute Gasteiger partial charge is 0.387 e. The molecule has 0 aromatic rings. The Morgan fingerprint density at radius 2 is 1.71 bits per heavy atom. The van der Waals surface area contributed by atoms with Crippen LogP contribution in [0.1, 0.15) is 0 Å². The molecule has 6 N–H and O–H groups in total. The zero-order valence-electron chi connectivity index (χ0n) is 8.22. The van der Waals surface area contributed by atoms with E-state index in [1.807, 2.05) is 0 Å². The van der Waals surface area contributed by atoms with Gasteiger partial charge in [-0.3, -0.25) is 0 Å². The van der Waals surface area contributed by atoms with E-state index in [2.05, 4.69) is 9.26 Å². The van der Waals surface area contributed by atoms with Gasteiger partial charge in [0, 0.05) is 0 Å². The summed E-state index contributed by atoms with van der Waals surface area (Å²) in [6, 6.07) is 0. The molecule has 1 saturated heterocycles. The molecular formula is C6H12F2O8P+. The topological polar surface area (TPSA) is 140 Å². The Balaban J connectivity index is 2.65. The van der Waals surface area contributed by atoms with E-state index >= 15 is 0 Å². The maximum Gasteiger partial charge on any atom is 0.567 e. The van der Waals surface area contributed by atoms with E-state index in [1.54, 1.807) is 0 Å². The number of halogens is 2. The molecular weight excluding hydrogens is 269 g/mol. The van der Waals surface area contributed by atoms with Gasteiger partial charge in [0.25, 0.3) is 0 Å². The fourth-order valence-electron chi connectivity index (χ4n) is 1.23. The molecule has 0 aliphatic carbocycles. The summed E-state index contributed by atoms with van der Waals surface area (Å²) < 4.78 is 34.1. The van der Waals surface area contributed by atoms with Gasteiger partial charge in [-0.25, -0.2) is 0 Å². The summed E-state index contributed by atoms with van der Waals surface area (Å²) in [7, 11) is -4.62. The fraction of sp³-hybridized carbons (Fsp3) is 1.00. The second-order valence-electron chi connectivity index (χ2n) is 3.45. The van der Waals surface area contributed by atoms with Crippen LogP contribution in [0.25, 0.3) is 0 Å². The highest BCUT2D eigenvalue weighted by Gasteiger charge is 2.57. The van der Waals surface area contributed by atoms with Crippen molar-refractivity contribution in [1.82, 2.24) is 0 Å². The molecule has 0 amide bonds. The minimum atomic E-state index is -4.62. The van der Waals surface area contributed by atoms with Crippen molar-refractivity contribution in [2.45, 2.75) is 30.5 Å².